The number of aromatic hydroxyl groups is 1. The van der Waals surface area contributed by atoms with Crippen molar-refractivity contribution in [1.29, 1.82) is 0 Å². The van der Waals surface area contributed by atoms with Crippen LogP contribution in [0.5, 0.6) is 5.75 Å². The Balaban J connectivity index is 2.90. The van der Waals surface area contributed by atoms with Gasteiger partial charge in [0.15, 0.2) is 0 Å². The first-order chi connectivity index (χ1) is 6.50. The zero-order valence-electron chi connectivity index (χ0n) is 8.66. The third-order valence-corrected chi connectivity index (χ3v) is 1.82. The molecule has 3 nitrogen and oxygen atoms in total. The number of carbonyl (C=O) groups excluding carboxylic acids is 1. The van der Waals surface area contributed by atoms with E-state index < -0.39 is 0 Å². The third-order valence-electron chi connectivity index (χ3n) is 1.82. The average molecular weight is 193 g/mol. The number of benzene rings is 1. The predicted molar refractivity (Wildman–Crippen MR) is 55.4 cm³/mol. The second-order valence-electron chi connectivity index (χ2n) is 3.65. The third kappa shape index (κ3) is 2.49. The molecule has 0 spiro atoms. The second kappa shape index (κ2) is 4.13. The van der Waals surface area contributed by atoms with Gasteiger partial charge in [-0.15, -0.1) is 0 Å². The van der Waals surface area contributed by atoms with E-state index in [1.165, 1.54) is 0 Å². The highest BCUT2D eigenvalue weighted by Crippen LogP contribution is 2.18. The topological polar surface area (TPSA) is 49.3 Å². The molecule has 1 amide bonds. The standard InChI is InChI=1S/C11H15NO2/c1-7(2)12-11(14)9-5-4-8(3)6-10(9)13/h4-7,13H,1-3H3,(H,12,14). The lowest BCUT2D eigenvalue weighted by atomic mass is 10.1. The molecule has 2 N–H and O–H groups in total. The van der Waals surface area contributed by atoms with Crippen LogP contribution in [0.1, 0.15) is 29.8 Å². The van der Waals surface area contributed by atoms with Crippen molar-refractivity contribution >= 4 is 5.91 Å². The van der Waals surface area contributed by atoms with Gasteiger partial charge in [-0.1, -0.05) is 6.07 Å². The van der Waals surface area contributed by atoms with Crippen LogP contribution in [0.4, 0.5) is 0 Å². The maximum Gasteiger partial charge on any atom is 0.255 e. The number of amides is 1. The van der Waals surface area contributed by atoms with E-state index in [-0.39, 0.29) is 17.7 Å². The molecule has 0 saturated heterocycles. The zero-order chi connectivity index (χ0) is 10.7. The Morgan fingerprint density at radius 3 is 2.57 bits per heavy atom. The largest absolute Gasteiger partial charge is 0.507 e. The van der Waals surface area contributed by atoms with E-state index in [4.69, 9.17) is 0 Å². The molecule has 0 aliphatic heterocycles. The molecule has 0 aromatic heterocycles. The van der Waals surface area contributed by atoms with Crippen LogP contribution in [0.15, 0.2) is 18.2 Å². The Morgan fingerprint density at radius 1 is 1.43 bits per heavy atom. The van der Waals surface area contributed by atoms with E-state index in [0.717, 1.165) is 5.56 Å². The Morgan fingerprint density at radius 2 is 2.07 bits per heavy atom. The SMILES string of the molecule is Cc1ccc(C(=O)NC(C)C)c(O)c1. The van der Waals surface area contributed by atoms with Crippen molar-refractivity contribution in [1.82, 2.24) is 5.32 Å². The van der Waals surface area contributed by atoms with Gasteiger partial charge < -0.3 is 10.4 Å². The molecule has 0 bridgehead atoms. The molecule has 1 aromatic rings. The number of aryl methyl sites for hydroxylation is 1. The van der Waals surface area contributed by atoms with Gasteiger partial charge in [0.25, 0.3) is 5.91 Å². The summed E-state index contributed by atoms with van der Waals surface area (Å²) in [5.41, 5.74) is 1.26. The molecule has 1 rings (SSSR count). The van der Waals surface area contributed by atoms with Gasteiger partial charge in [0.1, 0.15) is 5.75 Å². The van der Waals surface area contributed by atoms with Crippen LogP contribution in [0, 0.1) is 6.92 Å². The normalized spacial score (nSPS) is 10.3. The number of phenolic OH excluding ortho intramolecular Hbond substituents is 1. The summed E-state index contributed by atoms with van der Waals surface area (Å²) in [6.07, 6.45) is 0. The number of rotatable bonds is 2. The van der Waals surface area contributed by atoms with E-state index in [2.05, 4.69) is 5.32 Å². The molecule has 0 radical (unpaired) electrons. The minimum absolute atomic E-state index is 0.0307. The average Bonchev–Trinajstić information content (AvgIpc) is 2.01. The van der Waals surface area contributed by atoms with E-state index in [9.17, 15) is 9.90 Å². The maximum atomic E-state index is 11.5. The summed E-state index contributed by atoms with van der Waals surface area (Å²) < 4.78 is 0. The van der Waals surface area contributed by atoms with Gasteiger partial charge in [-0.3, -0.25) is 4.79 Å². The van der Waals surface area contributed by atoms with Gasteiger partial charge >= 0.3 is 0 Å². The lowest BCUT2D eigenvalue weighted by molar-refractivity contribution is 0.0940. The van der Waals surface area contributed by atoms with Crippen LogP contribution < -0.4 is 5.32 Å². The molecule has 0 aliphatic rings. The van der Waals surface area contributed by atoms with Crippen molar-refractivity contribution in [3.8, 4) is 5.75 Å². The Hall–Kier alpha value is -1.51. The molecule has 0 unspecified atom stereocenters. The van der Waals surface area contributed by atoms with E-state index in [1.54, 1.807) is 18.2 Å². The molecule has 3 heteroatoms. The predicted octanol–water partition coefficient (Wildman–Crippen LogP) is 1.84. The molecule has 0 atom stereocenters. The number of nitrogens with one attached hydrogen (secondary N) is 1. The minimum Gasteiger partial charge on any atom is -0.507 e. The van der Waals surface area contributed by atoms with Gasteiger partial charge in [-0.25, -0.2) is 0 Å². The molecule has 14 heavy (non-hydrogen) atoms. The van der Waals surface area contributed by atoms with Gasteiger partial charge in [-0.2, -0.15) is 0 Å². The van der Waals surface area contributed by atoms with Crippen molar-refractivity contribution < 1.29 is 9.90 Å². The quantitative estimate of drug-likeness (QED) is 0.753. The van der Waals surface area contributed by atoms with E-state index in [1.807, 2.05) is 20.8 Å². The number of hydrogen-bond acceptors (Lipinski definition) is 2. The fourth-order valence-electron chi connectivity index (χ4n) is 1.17. The highest BCUT2D eigenvalue weighted by molar-refractivity contribution is 5.97. The van der Waals surface area contributed by atoms with Crippen molar-refractivity contribution in [3.05, 3.63) is 29.3 Å². The molecule has 0 heterocycles. The minimum atomic E-state index is -0.238. The van der Waals surface area contributed by atoms with Crippen LogP contribution >= 0.6 is 0 Å². The van der Waals surface area contributed by atoms with Crippen molar-refractivity contribution in [2.45, 2.75) is 26.8 Å². The van der Waals surface area contributed by atoms with Crippen LogP contribution in [-0.2, 0) is 0 Å². The summed E-state index contributed by atoms with van der Waals surface area (Å²) in [6.45, 7) is 5.62. The van der Waals surface area contributed by atoms with Crippen molar-refractivity contribution in [3.63, 3.8) is 0 Å². The van der Waals surface area contributed by atoms with Gasteiger partial charge in [0.05, 0.1) is 5.56 Å². The summed E-state index contributed by atoms with van der Waals surface area (Å²) in [5, 5.41) is 12.2. The maximum absolute atomic E-state index is 11.5. The molecule has 0 aliphatic carbocycles. The number of hydrogen-bond donors (Lipinski definition) is 2. The number of carbonyl (C=O) groups is 1. The van der Waals surface area contributed by atoms with Gasteiger partial charge in [0, 0.05) is 6.04 Å². The van der Waals surface area contributed by atoms with Crippen LogP contribution in [0.2, 0.25) is 0 Å². The summed E-state index contributed by atoms with van der Waals surface area (Å²) in [7, 11) is 0. The second-order valence-corrected chi connectivity index (χ2v) is 3.65. The molecular weight excluding hydrogens is 178 g/mol. The Bertz CT molecular complexity index is 345. The first-order valence-electron chi connectivity index (χ1n) is 4.61. The molecule has 0 saturated carbocycles. The van der Waals surface area contributed by atoms with Crippen LogP contribution in [0.25, 0.3) is 0 Å². The van der Waals surface area contributed by atoms with Crippen molar-refractivity contribution in [2.24, 2.45) is 0 Å². The lowest BCUT2D eigenvalue weighted by Gasteiger charge is -2.09. The molecule has 1 aromatic carbocycles. The summed E-state index contributed by atoms with van der Waals surface area (Å²) >= 11 is 0. The lowest BCUT2D eigenvalue weighted by Crippen LogP contribution is -2.30. The monoisotopic (exact) mass is 193 g/mol. The van der Waals surface area contributed by atoms with Crippen LogP contribution in [0.3, 0.4) is 0 Å². The van der Waals surface area contributed by atoms with Gasteiger partial charge in [-0.05, 0) is 38.5 Å². The summed E-state index contributed by atoms with van der Waals surface area (Å²) in [4.78, 5) is 11.5. The molecule has 76 valence electrons. The van der Waals surface area contributed by atoms with E-state index >= 15 is 0 Å². The fourth-order valence-corrected chi connectivity index (χ4v) is 1.17. The van der Waals surface area contributed by atoms with Gasteiger partial charge in [0.2, 0.25) is 0 Å². The first-order valence-corrected chi connectivity index (χ1v) is 4.61. The highest BCUT2D eigenvalue weighted by atomic mass is 16.3. The Kier molecular flexibility index (Phi) is 3.12. The van der Waals surface area contributed by atoms with E-state index in [0.29, 0.717) is 5.56 Å². The Labute approximate surface area is 83.8 Å². The molecular formula is C11H15NO2. The van der Waals surface area contributed by atoms with Crippen molar-refractivity contribution in [2.75, 3.05) is 0 Å². The fraction of sp³-hybridized carbons (Fsp3) is 0.364. The molecule has 0 fully saturated rings. The van der Waals surface area contributed by atoms with Crippen LogP contribution in [-0.4, -0.2) is 17.1 Å². The first kappa shape index (κ1) is 10.6. The smallest absolute Gasteiger partial charge is 0.255 e. The highest BCUT2D eigenvalue weighted by Gasteiger charge is 2.11. The summed E-state index contributed by atoms with van der Waals surface area (Å²) in [6, 6.07) is 5.08. The number of phenols is 1. The summed E-state index contributed by atoms with van der Waals surface area (Å²) in [5.74, 6) is -0.208. The zero-order valence-corrected chi connectivity index (χ0v) is 8.66.